The summed E-state index contributed by atoms with van der Waals surface area (Å²) in [7, 11) is 0. The molecule has 2 aromatic rings. The summed E-state index contributed by atoms with van der Waals surface area (Å²) in [6, 6.07) is 16.6. The molecule has 0 amide bonds. The maximum absolute atomic E-state index is 5.92. The number of hydrogen-bond acceptors (Lipinski definition) is 1. The van der Waals surface area contributed by atoms with Gasteiger partial charge in [-0.2, -0.15) is 0 Å². The van der Waals surface area contributed by atoms with Crippen molar-refractivity contribution in [2.24, 2.45) is 0 Å². The molecule has 0 aliphatic rings. The molecule has 110 valence electrons. The lowest BCUT2D eigenvalue weighted by Gasteiger charge is -2.06. The number of allylic oxidation sites excluding steroid dienone is 1. The van der Waals surface area contributed by atoms with Gasteiger partial charge in [-0.25, -0.2) is 0 Å². The minimum Gasteiger partial charge on any atom is -0.313 e. The number of hydrogen-bond donors (Lipinski definition) is 1. The Kier molecular flexibility index (Phi) is 6.04. The van der Waals surface area contributed by atoms with Gasteiger partial charge in [-0.15, -0.1) is 0 Å². The van der Waals surface area contributed by atoms with Crippen molar-refractivity contribution < 1.29 is 0 Å². The third kappa shape index (κ3) is 4.73. The van der Waals surface area contributed by atoms with E-state index in [-0.39, 0.29) is 0 Å². The summed E-state index contributed by atoms with van der Waals surface area (Å²) in [5.41, 5.74) is 4.98. The van der Waals surface area contributed by atoms with Crippen molar-refractivity contribution in [3.8, 4) is 11.1 Å². The molecule has 0 radical (unpaired) electrons. The quantitative estimate of drug-likeness (QED) is 0.703. The molecule has 0 fully saturated rings. The molecule has 0 spiro atoms. The van der Waals surface area contributed by atoms with Crippen molar-refractivity contribution in [2.75, 3.05) is 13.1 Å². The summed E-state index contributed by atoms with van der Waals surface area (Å²) in [6.07, 6.45) is 3.41. The van der Waals surface area contributed by atoms with Crippen LogP contribution in [0.1, 0.15) is 25.8 Å². The van der Waals surface area contributed by atoms with Crippen molar-refractivity contribution in [3.05, 3.63) is 65.2 Å². The Morgan fingerprint density at radius 1 is 1.00 bits per heavy atom. The summed E-state index contributed by atoms with van der Waals surface area (Å²) in [5, 5.41) is 4.16. The first-order valence-corrected chi connectivity index (χ1v) is 7.82. The zero-order chi connectivity index (χ0) is 15.1. The minimum absolute atomic E-state index is 0.772. The van der Waals surface area contributed by atoms with Crippen molar-refractivity contribution >= 4 is 17.2 Å². The largest absolute Gasteiger partial charge is 0.313 e. The van der Waals surface area contributed by atoms with Gasteiger partial charge < -0.3 is 5.32 Å². The SMILES string of the molecule is CCCNCC=C(C)c1ccc(-c2ccc(Cl)cc2)cc1. The van der Waals surface area contributed by atoms with E-state index < -0.39 is 0 Å². The highest BCUT2D eigenvalue weighted by Gasteiger charge is 1.99. The molecule has 0 heterocycles. The topological polar surface area (TPSA) is 12.0 Å². The van der Waals surface area contributed by atoms with Crippen LogP contribution in [0.15, 0.2) is 54.6 Å². The zero-order valence-corrected chi connectivity index (χ0v) is 13.5. The van der Waals surface area contributed by atoms with Gasteiger partial charge >= 0.3 is 0 Å². The van der Waals surface area contributed by atoms with E-state index in [2.05, 4.69) is 61.6 Å². The van der Waals surface area contributed by atoms with Gasteiger partial charge in [0.2, 0.25) is 0 Å². The van der Waals surface area contributed by atoms with E-state index in [9.17, 15) is 0 Å². The summed E-state index contributed by atoms with van der Waals surface area (Å²) < 4.78 is 0. The number of rotatable bonds is 6. The second kappa shape index (κ2) is 8.02. The fraction of sp³-hybridized carbons (Fsp3) is 0.263. The van der Waals surface area contributed by atoms with E-state index in [4.69, 9.17) is 11.6 Å². The van der Waals surface area contributed by atoms with Crippen LogP contribution in [-0.4, -0.2) is 13.1 Å². The number of halogens is 1. The summed E-state index contributed by atoms with van der Waals surface area (Å²) in [6.45, 7) is 6.34. The van der Waals surface area contributed by atoms with Crippen molar-refractivity contribution in [1.29, 1.82) is 0 Å². The second-order valence-corrected chi connectivity index (χ2v) is 5.61. The molecule has 2 heteroatoms. The molecular formula is C19H22ClN. The molecule has 0 aliphatic carbocycles. The van der Waals surface area contributed by atoms with Gasteiger partial charge in [0.25, 0.3) is 0 Å². The summed E-state index contributed by atoms with van der Waals surface area (Å²) in [5.74, 6) is 0. The Balaban J connectivity index is 2.06. The van der Waals surface area contributed by atoms with E-state index in [0.717, 1.165) is 18.1 Å². The number of nitrogens with one attached hydrogen (secondary N) is 1. The van der Waals surface area contributed by atoms with E-state index >= 15 is 0 Å². The molecule has 0 atom stereocenters. The lowest BCUT2D eigenvalue weighted by atomic mass is 10.0. The fourth-order valence-electron chi connectivity index (χ4n) is 2.19. The van der Waals surface area contributed by atoms with Crippen LogP contribution in [0.2, 0.25) is 5.02 Å². The van der Waals surface area contributed by atoms with Crippen LogP contribution in [0.5, 0.6) is 0 Å². The normalized spacial score (nSPS) is 11.7. The monoisotopic (exact) mass is 299 g/mol. The maximum Gasteiger partial charge on any atom is 0.0406 e. The number of benzene rings is 2. The van der Waals surface area contributed by atoms with Crippen LogP contribution in [0.4, 0.5) is 0 Å². The average Bonchev–Trinajstić information content (AvgIpc) is 2.52. The third-order valence-corrected chi connectivity index (χ3v) is 3.75. The molecule has 1 nitrogen and oxygen atoms in total. The molecule has 0 aromatic heterocycles. The Labute approximate surface area is 132 Å². The zero-order valence-electron chi connectivity index (χ0n) is 12.7. The molecule has 0 saturated heterocycles. The molecule has 2 rings (SSSR count). The Morgan fingerprint density at radius 2 is 1.57 bits per heavy atom. The van der Waals surface area contributed by atoms with Crippen LogP contribution < -0.4 is 5.32 Å². The summed E-state index contributed by atoms with van der Waals surface area (Å²) >= 11 is 5.92. The smallest absolute Gasteiger partial charge is 0.0406 e. The molecule has 0 bridgehead atoms. The maximum atomic E-state index is 5.92. The Hall–Kier alpha value is -1.57. The average molecular weight is 300 g/mol. The van der Waals surface area contributed by atoms with Crippen LogP contribution in [0.25, 0.3) is 16.7 Å². The van der Waals surface area contributed by atoms with E-state index in [0.29, 0.717) is 0 Å². The van der Waals surface area contributed by atoms with Crippen molar-refractivity contribution in [2.45, 2.75) is 20.3 Å². The highest BCUT2D eigenvalue weighted by molar-refractivity contribution is 6.30. The van der Waals surface area contributed by atoms with Crippen LogP contribution >= 0.6 is 11.6 Å². The van der Waals surface area contributed by atoms with Gasteiger partial charge in [-0.05, 0) is 54.3 Å². The molecular weight excluding hydrogens is 278 g/mol. The van der Waals surface area contributed by atoms with Crippen molar-refractivity contribution in [3.63, 3.8) is 0 Å². The molecule has 21 heavy (non-hydrogen) atoms. The highest BCUT2D eigenvalue weighted by Crippen LogP contribution is 2.23. The second-order valence-electron chi connectivity index (χ2n) is 5.18. The van der Waals surface area contributed by atoms with Crippen molar-refractivity contribution in [1.82, 2.24) is 5.32 Å². The lowest BCUT2D eigenvalue weighted by molar-refractivity contribution is 0.729. The van der Waals surface area contributed by atoms with Gasteiger partial charge in [-0.3, -0.25) is 0 Å². The van der Waals surface area contributed by atoms with Gasteiger partial charge in [0, 0.05) is 11.6 Å². The first kappa shape index (κ1) is 15.8. The molecule has 1 N–H and O–H groups in total. The highest BCUT2D eigenvalue weighted by atomic mass is 35.5. The molecule has 2 aromatic carbocycles. The first-order valence-electron chi connectivity index (χ1n) is 7.44. The predicted octanol–water partition coefficient (Wildman–Crippen LogP) is 5.41. The Bertz CT molecular complexity index is 582. The Morgan fingerprint density at radius 3 is 2.14 bits per heavy atom. The summed E-state index contributed by atoms with van der Waals surface area (Å²) in [4.78, 5) is 0. The van der Waals surface area contributed by atoms with E-state index in [1.807, 2.05) is 12.1 Å². The first-order chi connectivity index (χ1) is 10.2. The van der Waals surface area contributed by atoms with Crippen LogP contribution in [-0.2, 0) is 0 Å². The molecule has 0 aliphatic heterocycles. The lowest BCUT2D eigenvalue weighted by Crippen LogP contribution is -2.14. The van der Waals surface area contributed by atoms with Crippen LogP contribution in [0, 0.1) is 0 Å². The van der Waals surface area contributed by atoms with E-state index in [1.54, 1.807) is 0 Å². The van der Waals surface area contributed by atoms with Gasteiger partial charge in [-0.1, -0.05) is 61.0 Å². The predicted molar refractivity (Wildman–Crippen MR) is 93.7 cm³/mol. The van der Waals surface area contributed by atoms with Gasteiger partial charge in [0.1, 0.15) is 0 Å². The minimum atomic E-state index is 0.772. The standard InChI is InChI=1S/C19H22ClN/c1-3-13-21-14-12-15(2)16-4-6-17(7-5-16)18-8-10-19(20)11-9-18/h4-12,21H,3,13-14H2,1-2H3. The third-order valence-electron chi connectivity index (χ3n) is 3.50. The van der Waals surface area contributed by atoms with Crippen LogP contribution in [0.3, 0.4) is 0 Å². The van der Waals surface area contributed by atoms with E-state index in [1.165, 1.54) is 28.7 Å². The molecule has 0 saturated carbocycles. The molecule has 0 unspecified atom stereocenters. The van der Waals surface area contributed by atoms with Gasteiger partial charge in [0.05, 0.1) is 0 Å². The fourth-order valence-corrected chi connectivity index (χ4v) is 2.32. The van der Waals surface area contributed by atoms with Gasteiger partial charge in [0.15, 0.2) is 0 Å².